The van der Waals surface area contributed by atoms with Crippen molar-refractivity contribution in [2.24, 2.45) is 5.92 Å². The van der Waals surface area contributed by atoms with Gasteiger partial charge in [0.05, 0.1) is 6.10 Å². The summed E-state index contributed by atoms with van der Waals surface area (Å²) in [6.45, 7) is 2.31. The van der Waals surface area contributed by atoms with E-state index in [9.17, 15) is 5.11 Å². The molecule has 0 aromatic heterocycles. The molecule has 0 spiro atoms. The minimum atomic E-state index is -0.0343. The van der Waals surface area contributed by atoms with Crippen molar-refractivity contribution < 1.29 is 5.11 Å². The Labute approximate surface area is 114 Å². The van der Waals surface area contributed by atoms with Crippen LogP contribution in [0.4, 0.5) is 0 Å². The van der Waals surface area contributed by atoms with E-state index in [1.165, 1.54) is 77.0 Å². The van der Waals surface area contributed by atoms with Crippen molar-refractivity contribution in [3.63, 3.8) is 0 Å². The van der Waals surface area contributed by atoms with Crippen molar-refractivity contribution in [1.29, 1.82) is 0 Å². The summed E-state index contributed by atoms with van der Waals surface area (Å²) in [5.41, 5.74) is 0. The second-order valence-corrected chi connectivity index (χ2v) is 6.46. The zero-order valence-corrected chi connectivity index (χ0v) is 12.5. The molecule has 0 heterocycles. The van der Waals surface area contributed by atoms with Crippen LogP contribution in [-0.2, 0) is 0 Å². The Balaban J connectivity index is 2.19. The predicted molar refractivity (Wildman–Crippen MR) is 79.8 cm³/mol. The van der Waals surface area contributed by atoms with Crippen LogP contribution in [0.1, 0.15) is 96.8 Å². The highest BCUT2D eigenvalue weighted by Crippen LogP contribution is 2.20. The number of hydrogen-bond donors (Lipinski definition) is 1. The third-order valence-electron chi connectivity index (χ3n) is 4.41. The third-order valence-corrected chi connectivity index (χ3v) is 4.41. The van der Waals surface area contributed by atoms with Crippen LogP contribution >= 0.6 is 0 Å². The first-order valence-electron chi connectivity index (χ1n) is 8.47. The molecule has 1 saturated carbocycles. The Bertz CT molecular complexity index is 160. The van der Waals surface area contributed by atoms with Crippen LogP contribution in [0, 0.1) is 5.92 Å². The van der Waals surface area contributed by atoms with Crippen molar-refractivity contribution in [3.05, 3.63) is 0 Å². The maximum Gasteiger partial charge on any atom is 0.0542 e. The fraction of sp³-hybridized carbons (Fsp3) is 1.00. The van der Waals surface area contributed by atoms with E-state index >= 15 is 0 Å². The van der Waals surface area contributed by atoms with E-state index in [0.29, 0.717) is 5.92 Å². The minimum Gasteiger partial charge on any atom is -0.393 e. The van der Waals surface area contributed by atoms with Crippen LogP contribution in [0.5, 0.6) is 0 Å². The Morgan fingerprint density at radius 2 is 1.00 bits per heavy atom. The molecule has 1 nitrogen and oxygen atoms in total. The number of aliphatic hydroxyl groups is 1. The van der Waals surface area contributed by atoms with Gasteiger partial charge in [0.15, 0.2) is 0 Å². The first kappa shape index (κ1) is 16.0. The first-order valence-corrected chi connectivity index (χ1v) is 8.47. The molecule has 18 heavy (non-hydrogen) atoms. The number of hydrogen-bond acceptors (Lipinski definition) is 1. The number of rotatable bonds is 0. The fourth-order valence-electron chi connectivity index (χ4n) is 3.16. The lowest BCUT2D eigenvalue weighted by Gasteiger charge is -2.16. The molecule has 0 saturated heterocycles. The summed E-state index contributed by atoms with van der Waals surface area (Å²) < 4.78 is 0. The van der Waals surface area contributed by atoms with Gasteiger partial charge < -0.3 is 5.11 Å². The molecular formula is C17H34O. The summed E-state index contributed by atoms with van der Waals surface area (Å²) in [7, 11) is 0. The largest absolute Gasteiger partial charge is 0.393 e. The summed E-state index contributed by atoms with van der Waals surface area (Å²) in [6.07, 6.45) is 18.6. The van der Waals surface area contributed by atoms with Gasteiger partial charge in [0.25, 0.3) is 0 Å². The molecule has 0 aromatic carbocycles. The zero-order valence-electron chi connectivity index (χ0n) is 12.5. The maximum atomic E-state index is 9.99. The molecule has 0 aromatic rings. The van der Waals surface area contributed by atoms with Gasteiger partial charge in [0.2, 0.25) is 0 Å². The van der Waals surface area contributed by atoms with Crippen molar-refractivity contribution in [2.45, 2.75) is 103 Å². The van der Waals surface area contributed by atoms with Crippen LogP contribution in [0.25, 0.3) is 0 Å². The first-order chi connectivity index (χ1) is 8.79. The van der Waals surface area contributed by atoms with Crippen LogP contribution < -0.4 is 0 Å². The van der Waals surface area contributed by atoms with E-state index in [2.05, 4.69) is 6.92 Å². The third kappa shape index (κ3) is 8.97. The van der Waals surface area contributed by atoms with Gasteiger partial charge in [-0.15, -0.1) is 0 Å². The van der Waals surface area contributed by atoms with Gasteiger partial charge in [-0.25, -0.2) is 0 Å². The highest BCUT2D eigenvalue weighted by Gasteiger charge is 2.10. The molecule has 1 fully saturated rings. The average Bonchev–Trinajstić information content (AvgIpc) is 2.33. The fourth-order valence-corrected chi connectivity index (χ4v) is 3.16. The molecule has 1 aliphatic rings. The van der Waals surface area contributed by atoms with E-state index < -0.39 is 0 Å². The highest BCUT2D eigenvalue weighted by atomic mass is 16.3. The number of aliphatic hydroxyl groups excluding tert-OH is 1. The smallest absolute Gasteiger partial charge is 0.0542 e. The molecule has 2 unspecified atom stereocenters. The summed E-state index contributed by atoms with van der Waals surface area (Å²) in [4.78, 5) is 0. The van der Waals surface area contributed by atoms with Crippen LogP contribution in [-0.4, -0.2) is 11.2 Å². The van der Waals surface area contributed by atoms with E-state index in [0.717, 1.165) is 12.8 Å². The lowest BCUT2D eigenvalue weighted by atomic mass is 9.93. The lowest BCUT2D eigenvalue weighted by molar-refractivity contribution is 0.130. The SMILES string of the molecule is CC1CCCCCCCCCCCCCC(O)C1. The maximum absolute atomic E-state index is 9.99. The standard InChI is InChI=1S/C17H34O/c1-16-13-11-9-7-5-3-2-4-6-8-10-12-14-17(18)15-16/h16-18H,2-15H2,1H3. The van der Waals surface area contributed by atoms with Gasteiger partial charge in [-0.1, -0.05) is 84.0 Å². The minimum absolute atomic E-state index is 0.0343. The lowest BCUT2D eigenvalue weighted by Crippen LogP contribution is -2.11. The van der Waals surface area contributed by atoms with Crippen molar-refractivity contribution in [3.8, 4) is 0 Å². The van der Waals surface area contributed by atoms with E-state index in [1.54, 1.807) is 0 Å². The van der Waals surface area contributed by atoms with Crippen LogP contribution in [0.2, 0.25) is 0 Å². The molecule has 1 N–H and O–H groups in total. The second kappa shape index (κ2) is 10.8. The van der Waals surface area contributed by atoms with Gasteiger partial charge in [0.1, 0.15) is 0 Å². The van der Waals surface area contributed by atoms with Crippen LogP contribution in [0.15, 0.2) is 0 Å². The van der Waals surface area contributed by atoms with Gasteiger partial charge in [-0.2, -0.15) is 0 Å². The van der Waals surface area contributed by atoms with E-state index in [1.807, 2.05) is 0 Å². The quantitative estimate of drug-likeness (QED) is 0.608. The highest BCUT2D eigenvalue weighted by molar-refractivity contribution is 4.63. The molecule has 0 radical (unpaired) electrons. The molecule has 0 bridgehead atoms. The average molecular weight is 254 g/mol. The summed E-state index contributed by atoms with van der Waals surface area (Å²) in [6, 6.07) is 0. The Morgan fingerprint density at radius 3 is 1.50 bits per heavy atom. The summed E-state index contributed by atoms with van der Waals surface area (Å²) in [5, 5.41) is 9.99. The predicted octanol–water partition coefficient (Wildman–Crippen LogP) is 5.46. The molecule has 0 amide bonds. The van der Waals surface area contributed by atoms with E-state index in [-0.39, 0.29) is 6.10 Å². The Hall–Kier alpha value is -0.0400. The normalized spacial score (nSPS) is 31.0. The second-order valence-electron chi connectivity index (χ2n) is 6.46. The topological polar surface area (TPSA) is 20.2 Å². The summed E-state index contributed by atoms with van der Waals surface area (Å²) in [5.74, 6) is 0.716. The van der Waals surface area contributed by atoms with Crippen LogP contribution in [0.3, 0.4) is 0 Å². The molecule has 0 aliphatic heterocycles. The molecule has 108 valence electrons. The van der Waals surface area contributed by atoms with Gasteiger partial charge in [-0.05, 0) is 18.8 Å². The van der Waals surface area contributed by atoms with E-state index in [4.69, 9.17) is 0 Å². The molecule has 1 aliphatic carbocycles. The molecular weight excluding hydrogens is 220 g/mol. The van der Waals surface area contributed by atoms with Crippen molar-refractivity contribution >= 4 is 0 Å². The van der Waals surface area contributed by atoms with Gasteiger partial charge in [0, 0.05) is 0 Å². The van der Waals surface area contributed by atoms with Crippen molar-refractivity contribution in [1.82, 2.24) is 0 Å². The Kier molecular flexibility index (Phi) is 9.65. The molecule has 1 heteroatoms. The van der Waals surface area contributed by atoms with Gasteiger partial charge in [-0.3, -0.25) is 0 Å². The monoisotopic (exact) mass is 254 g/mol. The molecule has 2 atom stereocenters. The molecule has 1 rings (SSSR count). The Morgan fingerprint density at radius 1 is 0.611 bits per heavy atom. The van der Waals surface area contributed by atoms with Crippen molar-refractivity contribution in [2.75, 3.05) is 0 Å². The zero-order chi connectivity index (χ0) is 13.1. The van der Waals surface area contributed by atoms with Gasteiger partial charge >= 0.3 is 0 Å². The summed E-state index contributed by atoms with van der Waals surface area (Å²) >= 11 is 0.